The van der Waals surface area contributed by atoms with Crippen LogP contribution in [0.5, 0.6) is 0 Å². The third-order valence-corrected chi connectivity index (χ3v) is 1.60. The molecule has 0 N–H and O–H groups in total. The van der Waals surface area contributed by atoms with E-state index >= 15 is 0 Å². The molecule has 0 radical (unpaired) electrons. The molecular weight excluding hydrogens is 142 g/mol. The van der Waals surface area contributed by atoms with Crippen molar-refractivity contribution >= 4 is 0 Å². The largest absolute Gasteiger partial charge is 0.379 e. The topological polar surface area (TPSA) is 25.0 Å². The van der Waals surface area contributed by atoms with Gasteiger partial charge in [-0.25, -0.2) is 0 Å². The van der Waals surface area contributed by atoms with Crippen LogP contribution in [0.25, 0.3) is 0 Å². The Labute approximate surface area is 68.3 Å². The van der Waals surface area contributed by atoms with E-state index < -0.39 is 0 Å². The van der Waals surface area contributed by atoms with Crippen molar-refractivity contribution in [3.8, 4) is 0 Å². The summed E-state index contributed by atoms with van der Waals surface area (Å²) in [4.78, 5) is 2.16. The molecule has 0 spiro atoms. The van der Waals surface area contributed by atoms with Crippen molar-refractivity contribution in [3.05, 3.63) is 0 Å². The van der Waals surface area contributed by atoms with Gasteiger partial charge in [0.25, 0.3) is 0 Å². The van der Waals surface area contributed by atoms with E-state index in [0.717, 1.165) is 32.8 Å². The van der Waals surface area contributed by atoms with Gasteiger partial charge in [-0.05, 0) is 27.1 Å². The predicted octanol–water partition coefficient (Wildman–Crippen LogP) is 0.353. The van der Waals surface area contributed by atoms with Crippen LogP contribution in [-0.2, 0) is 9.47 Å². The first-order valence-corrected chi connectivity index (χ1v) is 4.13. The second-order valence-electron chi connectivity index (χ2n) is 3.19. The van der Waals surface area contributed by atoms with Crippen LogP contribution in [0, 0.1) is 0 Å². The molecule has 3 nitrogen and oxygen atoms in total. The fraction of sp³-hybridized carbons (Fsp3) is 1.00. The number of epoxide rings is 1. The Balaban J connectivity index is 1.73. The van der Waals surface area contributed by atoms with Gasteiger partial charge >= 0.3 is 0 Å². The third kappa shape index (κ3) is 5.18. The van der Waals surface area contributed by atoms with E-state index in [1.807, 2.05) is 0 Å². The molecular formula is C8H17NO2. The zero-order chi connectivity index (χ0) is 8.10. The van der Waals surface area contributed by atoms with Crippen molar-refractivity contribution in [1.82, 2.24) is 4.90 Å². The van der Waals surface area contributed by atoms with Gasteiger partial charge in [0.05, 0.1) is 13.2 Å². The van der Waals surface area contributed by atoms with Crippen LogP contribution >= 0.6 is 0 Å². The quantitative estimate of drug-likeness (QED) is 0.413. The summed E-state index contributed by atoms with van der Waals surface area (Å²) < 4.78 is 10.4. The highest BCUT2D eigenvalue weighted by molar-refractivity contribution is 4.67. The van der Waals surface area contributed by atoms with Gasteiger partial charge in [0.2, 0.25) is 0 Å². The minimum absolute atomic E-state index is 0.411. The minimum atomic E-state index is 0.411. The Hall–Kier alpha value is -0.120. The van der Waals surface area contributed by atoms with Gasteiger partial charge in [0, 0.05) is 6.61 Å². The van der Waals surface area contributed by atoms with Crippen LogP contribution in [0.2, 0.25) is 0 Å². The van der Waals surface area contributed by atoms with Crippen LogP contribution in [0.15, 0.2) is 0 Å². The van der Waals surface area contributed by atoms with Gasteiger partial charge in [0.1, 0.15) is 6.10 Å². The van der Waals surface area contributed by atoms with E-state index in [9.17, 15) is 0 Å². The van der Waals surface area contributed by atoms with Gasteiger partial charge in [-0.15, -0.1) is 0 Å². The SMILES string of the molecule is CN(C)CCCOCC1CO1. The highest BCUT2D eigenvalue weighted by atomic mass is 16.6. The van der Waals surface area contributed by atoms with Crippen LogP contribution in [0.3, 0.4) is 0 Å². The molecule has 1 aliphatic heterocycles. The summed E-state index contributed by atoms with van der Waals surface area (Å²) in [5.41, 5.74) is 0. The maximum absolute atomic E-state index is 5.36. The maximum Gasteiger partial charge on any atom is 0.104 e. The summed E-state index contributed by atoms with van der Waals surface area (Å²) in [6, 6.07) is 0. The Morgan fingerprint density at radius 1 is 1.55 bits per heavy atom. The van der Waals surface area contributed by atoms with Crippen LogP contribution in [0.1, 0.15) is 6.42 Å². The fourth-order valence-electron chi connectivity index (χ4n) is 0.862. The molecule has 0 bridgehead atoms. The monoisotopic (exact) mass is 159 g/mol. The molecule has 0 aliphatic carbocycles. The number of nitrogens with zero attached hydrogens (tertiary/aromatic N) is 1. The Bertz CT molecular complexity index is 98.3. The lowest BCUT2D eigenvalue weighted by Gasteiger charge is -2.08. The predicted molar refractivity (Wildman–Crippen MR) is 43.7 cm³/mol. The third-order valence-electron chi connectivity index (χ3n) is 1.60. The lowest BCUT2D eigenvalue weighted by atomic mass is 10.4. The molecule has 0 aromatic carbocycles. The van der Waals surface area contributed by atoms with Crippen molar-refractivity contribution < 1.29 is 9.47 Å². The molecule has 3 heteroatoms. The molecule has 0 amide bonds. The van der Waals surface area contributed by atoms with E-state index in [1.54, 1.807) is 0 Å². The molecule has 1 heterocycles. The molecule has 0 aromatic heterocycles. The van der Waals surface area contributed by atoms with Crippen LogP contribution in [0.4, 0.5) is 0 Å². The van der Waals surface area contributed by atoms with Gasteiger partial charge in [-0.1, -0.05) is 0 Å². The molecule has 1 aliphatic rings. The average Bonchev–Trinajstić information content (AvgIpc) is 2.70. The summed E-state index contributed by atoms with van der Waals surface area (Å²) in [6.07, 6.45) is 1.52. The van der Waals surface area contributed by atoms with Crippen molar-refractivity contribution in [2.75, 3.05) is 40.5 Å². The molecule has 0 aromatic rings. The van der Waals surface area contributed by atoms with Crippen LogP contribution in [-0.4, -0.2) is 51.5 Å². The molecule has 1 rings (SSSR count). The first kappa shape index (κ1) is 8.97. The second-order valence-corrected chi connectivity index (χ2v) is 3.19. The Morgan fingerprint density at radius 2 is 2.27 bits per heavy atom. The van der Waals surface area contributed by atoms with Crippen molar-refractivity contribution in [2.45, 2.75) is 12.5 Å². The summed E-state index contributed by atoms with van der Waals surface area (Å²) in [6.45, 7) is 3.64. The van der Waals surface area contributed by atoms with E-state index in [2.05, 4.69) is 19.0 Å². The Morgan fingerprint density at radius 3 is 2.82 bits per heavy atom. The average molecular weight is 159 g/mol. The summed E-state index contributed by atoms with van der Waals surface area (Å²) >= 11 is 0. The normalized spacial score (nSPS) is 22.6. The summed E-state index contributed by atoms with van der Waals surface area (Å²) in [7, 11) is 4.15. The maximum atomic E-state index is 5.36. The lowest BCUT2D eigenvalue weighted by Crippen LogP contribution is -2.15. The zero-order valence-electron chi connectivity index (χ0n) is 7.38. The van der Waals surface area contributed by atoms with Crippen molar-refractivity contribution in [3.63, 3.8) is 0 Å². The van der Waals surface area contributed by atoms with Crippen molar-refractivity contribution in [2.24, 2.45) is 0 Å². The molecule has 1 fully saturated rings. The number of rotatable bonds is 6. The van der Waals surface area contributed by atoms with E-state index in [1.165, 1.54) is 0 Å². The molecule has 66 valence electrons. The zero-order valence-corrected chi connectivity index (χ0v) is 7.38. The number of hydrogen-bond acceptors (Lipinski definition) is 3. The van der Waals surface area contributed by atoms with Crippen LogP contribution < -0.4 is 0 Å². The van der Waals surface area contributed by atoms with Gasteiger partial charge < -0.3 is 14.4 Å². The second kappa shape index (κ2) is 4.70. The molecule has 0 saturated carbocycles. The first-order valence-electron chi connectivity index (χ1n) is 4.13. The number of ether oxygens (including phenoxy) is 2. The number of hydrogen-bond donors (Lipinski definition) is 0. The summed E-state index contributed by atoms with van der Waals surface area (Å²) in [5, 5.41) is 0. The van der Waals surface area contributed by atoms with Gasteiger partial charge in [-0.2, -0.15) is 0 Å². The molecule has 1 saturated heterocycles. The standard InChI is InChI=1S/C8H17NO2/c1-9(2)4-3-5-10-6-8-7-11-8/h8H,3-7H2,1-2H3. The smallest absolute Gasteiger partial charge is 0.104 e. The molecule has 11 heavy (non-hydrogen) atoms. The molecule has 1 unspecified atom stereocenters. The van der Waals surface area contributed by atoms with Crippen molar-refractivity contribution in [1.29, 1.82) is 0 Å². The van der Waals surface area contributed by atoms with E-state index in [0.29, 0.717) is 6.10 Å². The minimum Gasteiger partial charge on any atom is -0.379 e. The highest BCUT2D eigenvalue weighted by Crippen LogP contribution is 2.08. The molecule has 1 atom stereocenters. The fourth-order valence-corrected chi connectivity index (χ4v) is 0.862. The van der Waals surface area contributed by atoms with E-state index in [4.69, 9.17) is 9.47 Å². The summed E-state index contributed by atoms with van der Waals surface area (Å²) in [5.74, 6) is 0. The highest BCUT2D eigenvalue weighted by Gasteiger charge is 2.21. The van der Waals surface area contributed by atoms with Gasteiger partial charge in [0.15, 0.2) is 0 Å². The lowest BCUT2D eigenvalue weighted by molar-refractivity contribution is 0.110. The first-order chi connectivity index (χ1) is 5.29. The van der Waals surface area contributed by atoms with E-state index in [-0.39, 0.29) is 0 Å². The Kier molecular flexibility index (Phi) is 3.83. The van der Waals surface area contributed by atoms with Gasteiger partial charge in [-0.3, -0.25) is 0 Å².